The maximum Gasteiger partial charge on any atom is 0.253 e. The van der Waals surface area contributed by atoms with E-state index in [1.165, 1.54) is 0 Å². The molecule has 6 nitrogen and oxygen atoms in total. The third kappa shape index (κ3) is 4.54. The van der Waals surface area contributed by atoms with Crippen LogP contribution in [0.5, 0.6) is 17.2 Å². The highest BCUT2D eigenvalue weighted by Gasteiger charge is 2.32. The van der Waals surface area contributed by atoms with Crippen molar-refractivity contribution in [3.05, 3.63) is 48.0 Å². The number of benzene rings is 2. The van der Waals surface area contributed by atoms with Gasteiger partial charge in [-0.05, 0) is 42.7 Å². The van der Waals surface area contributed by atoms with Crippen LogP contribution in [0.3, 0.4) is 0 Å². The Morgan fingerprint density at radius 1 is 1.11 bits per heavy atom. The number of thioether (sulfide) groups is 1. The lowest BCUT2D eigenvalue weighted by Crippen LogP contribution is -2.51. The molecule has 0 unspecified atom stereocenters. The number of rotatable bonds is 6. The first-order chi connectivity index (χ1) is 13.5. The largest absolute Gasteiger partial charge is 0.493 e. The van der Waals surface area contributed by atoms with E-state index in [0.29, 0.717) is 35.8 Å². The first kappa shape index (κ1) is 20.4. The van der Waals surface area contributed by atoms with Crippen molar-refractivity contribution in [2.24, 2.45) is 0 Å². The van der Waals surface area contributed by atoms with E-state index in [-0.39, 0.29) is 18.6 Å². The summed E-state index contributed by atoms with van der Waals surface area (Å²) in [7, 11) is 3.13. The molecule has 1 saturated heterocycles. The zero-order valence-corrected chi connectivity index (χ0v) is 17.1. The van der Waals surface area contributed by atoms with Crippen LogP contribution in [0.25, 0.3) is 0 Å². The number of amides is 1. The number of piperidine rings is 1. The molecule has 7 heteroatoms. The van der Waals surface area contributed by atoms with Gasteiger partial charge in [-0.2, -0.15) is 0 Å². The van der Waals surface area contributed by atoms with Gasteiger partial charge < -0.3 is 24.2 Å². The van der Waals surface area contributed by atoms with Crippen LogP contribution in [0.15, 0.2) is 47.4 Å². The Kier molecular flexibility index (Phi) is 6.70. The molecular weight excluding hydrogens is 378 g/mol. The van der Waals surface area contributed by atoms with Crippen molar-refractivity contribution in [1.29, 1.82) is 0 Å². The smallest absolute Gasteiger partial charge is 0.253 e. The van der Waals surface area contributed by atoms with Crippen LogP contribution in [-0.4, -0.2) is 61.7 Å². The zero-order chi connectivity index (χ0) is 20.1. The minimum Gasteiger partial charge on any atom is -0.493 e. The summed E-state index contributed by atoms with van der Waals surface area (Å²) in [6, 6.07) is 12.8. The monoisotopic (exact) mass is 403 g/mol. The van der Waals surface area contributed by atoms with E-state index < -0.39 is 6.10 Å². The molecule has 1 fully saturated rings. The Morgan fingerprint density at radius 3 is 2.43 bits per heavy atom. The van der Waals surface area contributed by atoms with Crippen molar-refractivity contribution in [2.75, 3.05) is 33.6 Å². The molecular formula is C21H25NO5S. The number of hydrogen-bond donors (Lipinski definition) is 1. The molecule has 0 aromatic heterocycles. The summed E-state index contributed by atoms with van der Waals surface area (Å²) in [5.41, 5.74) is 0.629. The predicted molar refractivity (Wildman–Crippen MR) is 109 cm³/mol. The van der Waals surface area contributed by atoms with Crippen LogP contribution in [0, 0.1) is 0 Å². The average molecular weight is 404 g/mol. The van der Waals surface area contributed by atoms with Gasteiger partial charge in [0, 0.05) is 29.5 Å². The molecule has 1 amide bonds. The van der Waals surface area contributed by atoms with Gasteiger partial charge in [0.25, 0.3) is 5.91 Å². The van der Waals surface area contributed by atoms with Gasteiger partial charge in [0.05, 0.1) is 20.8 Å². The number of aliphatic hydroxyl groups is 1. The lowest BCUT2D eigenvalue weighted by molar-refractivity contribution is -0.0199. The third-order valence-electron chi connectivity index (χ3n) is 4.79. The van der Waals surface area contributed by atoms with E-state index in [4.69, 9.17) is 14.2 Å². The second kappa shape index (κ2) is 9.21. The maximum atomic E-state index is 12.7. The molecule has 2 atom stereocenters. The highest BCUT2D eigenvalue weighted by Crippen LogP contribution is 2.32. The van der Waals surface area contributed by atoms with Crippen LogP contribution >= 0.6 is 11.8 Å². The molecule has 0 spiro atoms. The summed E-state index contributed by atoms with van der Waals surface area (Å²) < 4.78 is 16.5. The first-order valence-electron chi connectivity index (χ1n) is 9.05. The van der Waals surface area contributed by atoms with E-state index in [1.54, 1.807) is 49.1 Å². The molecule has 1 aliphatic heterocycles. The van der Waals surface area contributed by atoms with Gasteiger partial charge in [-0.15, -0.1) is 11.8 Å². The van der Waals surface area contributed by atoms with E-state index in [2.05, 4.69) is 0 Å². The molecule has 3 rings (SSSR count). The van der Waals surface area contributed by atoms with Crippen molar-refractivity contribution in [3.8, 4) is 17.2 Å². The summed E-state index contributed by atoms with van der Waals surface area (Å²) in [6.07, 6.45) is 1.39. The van der Waals surface area contributed by atoms with Gasteiger partial charge in [0.1, 0.15) is 18.0 Å². The first-order valence-corrected chi connectivity index (χ1v) is 10.3. The number of methoxy groups -OCH3 is 2. The molecule has 1 N–H and O–H groups in total. The quantitative estimate of drug-likeness (QED) is 0.748. The van der Waals surface area contributed by atoms with E-state index in [9.17, 15) is 9.90 Å². The summed E-state index contributed by atoms with van der Waals surface area (Å²) in [5, 5.41) is 10.5. The summed E-state index contributed by atoms with van der Waals surface area (Å²) in [4.78, 5) is 15.5. The van der Waals surface area contributed by atoms with Crippen molar-refractivity contribution in [1.82, 2.24) is 4.90 Å². The molecule has 0 bridgehead atoms. The predicted octanol–water partition coefficient (Wildman–Crippen LogP) is 3.08. The highest BCUT2D eigenvalue weighted by atomic mass is 32.2. The lowest BCUT2D eigenvalue weighted by atomic mass is 10.0. The van der Waals surface area contributed by atoms with Gasteiger partial charge in [0.2, 0.25) is 0 Å². The Balaban J connectivity index is 1.62. The number of carbonyl (C=O) groups excluding carboxylic acids is 1. The third-order valence-corrected chi connectivity index (χ3v) is 5.53. The van der Waals surface area contributed by atoms with Crippen molar-refractivity contribution in [3.63, 3.8) is 0 Å². The molecule has 0 radical (unpaired) electrons. The fraction of sp³-hybridized carbons (Fsp3) is 0.381. The van der Waals surface area contributed by atoms with E-state index in [0.717, 1.165) is 4.90 Å². The molecule has 28 heavy (non-hydrogen) atoms. The average Bonchev–Trinajstić information content (AvgIpc) is 2.74. The summed E-state index contributed by atoms with van der Waals surface area (Å²) >= 11 is 1.63. The van der Waals surface area contributed by atoms with Crippen molar-refractivity contribution in [2.45, 2.75) is 23.5 Å². The zero-order valence-electron chi connectivity index (χ0n) is 16.3. The molecule has 0 saturated carbocycles. The minimum absolute atomic E-state index is 0.0729. The second-order valence-corrected chi connectivity index (χ2v) is 7.39. The normalized spacial score (nSPS) is 19.2. The Bertz CT molecular complexity index is 811. The fourth-order valence-corrected chi connectivity index (χ4v) is 3.62. The lowest BCUT2D eigenvalue weighted by Gasteiger charge is -2.36. The van der Waals surface area contributed by atoms with Gasteiger partial charge in [-0.3, -0.25) is 4.79 Å². The number of β-amino-alcohol motifs (C(OH)–C–C–N with tert-alkyl or cyclic N) is 1. The van der Waals surface area contributed by atoms with Crippen molar-refractivity contribution < 1.29 is 24.1 Å². The van der Waals surface area contributed by atoms with E-state index in [1.807, 2.05) is 30.5 Å². The Labute approximate surface area is 169 Å². The standard InChI is InChI=1S/C21H25NO5S/c1-25-19-9-6-15(12-20(19)26-2)27-18-10-11-22(13-17(18)23)21(24)14-4-7-16(28-3)8-5-14/h4-9,12,17-18,23H,10-11,13H2,1-3H3/t17-,18-/m1/s1. The van der Waals surface area contributed by atoms with Gasteiger partial charge >= 0.3 is 0 Å². The van der Waals surface area contributed by atoms with Gasteiger partial charge in [0.15, 0.2) is 11.5 Å². The molecule has 150 valence electrons. The Morgan fingerprint density at radius 2 is 1.82 bits per heavy atom. The van der Waals surface area contributed by atoms with Gasteiger partial charge in [-0.25, -0.2) is 0 Å². The summed E-state index contributed by atoms with van der Waals surface area (Å²) in [6.45, 7) is 0.763. The SMILES string of the molecule is COc1ccc(O[C@@H]2CCN(C(=O)c3ccc(SC)cc3)C[C@H]2O)cc1OC. The molecule has 2 aromatic rings. The summed E-state index contributed by atoms with van der Waals surface area (Å²) in [5.74, 6) is 1.70. The molecule has 0 aliphatic carbocycles. The van der Waals surface area contributed by atoms with Crippen LogP contribution in [-0.2, 0) is 0 Å². The Hall–Kier alpha value is -2.38. The highest BCUT2D eigenvalue weighted by molar-refractivity contribution is 7.98. The number of likely N-dealkylation sites (tertiary alicyclic amines) is 1. The van der Waals surface area contributed by atoms with Gasteiger partial charge in [-0.1, -0.05) is 0 Å². The van der Waals surface area contributed by atoms with Crippen LogP contribution in [0.2, 0.25) is 0 Å². The number of ether oxygens (including phenoxy) is 3. The molecule has 1 aliphatic rings. The molecule has 2 aromatic carbocycles. The fourth-order valence-electron chi connectivity index (χ4n) is 3.21. The number of carbonyl (C=O) groups is 1. The maximum absolute atomic E-state index is 12.7. The van der Waals surface area contributed by atoms with E-state index >= 15 is 0 Å². The number of nitrogens with zero attached hydrogens (tertiary/aromatic N) is 1. The van der Waals surface area contributed by atoms with Crippen LogP contribution in [0.1, 0.15) is 16.8 Å². The topological polar surface area (TPSA) is 68.2 Å². The number of aliphatic hydroxyl groups excluding tert-OH is 1. The molecule has 1 heterocycles. The number of hydrogen-bond acceptors (Lipinski definition) is 6. The van der Waals surface area contributed by atoms with Crippen molar-refractivity contribution >= 4 is 17.7 Å². The van der Waals surface area contributed by atoms with Crippen LogP contribution < -0.4 is 14.2 Å². The second-order valence-electron chi connectivity index (χ2n) is 6.51. The van der Waals surface area contributed by atoms with Crippen LogP contribution in [0.4, 0.5) is 0 Å². The minimum atomic E-state index is -0.767.